The number of pyridine rings is 8. The molecule has 602 valence electrons. The predicted molar refractivity (Wildman–Crippen MR) is 421 cm³/mol. The summed E-state index contributed by atoms with van der Waals surface area (Å²) in [5, 5.41) is 84.6. The van der Waals surface area contributed by atoms with Crippen LogP contribution in [0.1, 0.15) is 41.0 Å². The molecule has 28 nitrogen and oxygen atoms in total. The molecule has 0 spiro atoms. The van der Waals surface area contributed by atoms with Gasteiger partial charge in [-0.2, -0.15) is 13.2 Å². The van der Waals surface area contributed by atoms with Crippen LogP contribution in [0, 0.1) is 77.8 Å². The van der Waals surface area contributed by atoms with Crippen molar-refractivity contribution >= 4 is 89.1 Å². The number of nitrogens with one attached hydrogen (secondary N) is 4. The number of hydrogen-bond donors (Lipinski definition) is 12. The Morgan fingerprint density at radius 1 is 0.362 bits per heavy atom. The van der Waals surface area contributed by atoms with Crippen LogP contribution < -0.4 is 65.7 Å². The van der Waals surface area contributed by atoms with Gasteiger partial charge in [-0.1, -0.05) is 23.8 Å². The van der Waals surface area contributed by atoms with E-state index in [0.717, 1.165) is 64.0 Å². The molecule has 13 rings (SSSR count). The average molecular weight is 1600 g/mol. The Morgan fingerprint density at radius 2 is 0.638 bits per heavy atom. The van der Waals surface area contributed by atoms with Gasteiger partial charge in [-0.25, -0.2) is 17.6 Å². The fraction of sp³-hybridized carbons (Fsp3) is 0.235. The maximum Gasteiger partial charge on any atom is 0.289 e. The molecule has 1 saturated carbocycles. The molecule has 4 aromatic carbocycles. The lowest BCUT2D eigenvalue weighted by molar-refractivity contribution is 0.0804. The summed E-state index contributed by atoms with van der Waals surface area (Å²) < 4.78 is 111. The van der Waals surface area contributed by atoms with Crippen LogP contribution in [0.4, 0.5) is 76.2 Å². The van der Waals surface area contributed by atoms with Gasteiger partial charge >= 0.3 is 0 Å². The van der Waals surface area contributed by atoms with Crippen molar-refractivity contribution in [2.24, 2.45) is 28.2 Å². The van der Waals surface area contributed by atoms with Crippen LogP contribution in [0.15, 0.2) is 166 Å². The van der Waals surface area contributed by atoms with Crippen LogP contribution in [0.25, 0.3) is 43.6 Å². The summed E-state index contributed by atoms with van der Waals surface area (Å²) in [4.78, 5) is 101. The summed E-state index contributed by atoms with van der Waals surface area (Å²) in [5.41, 5.74) is -5.19. The zero-order chi connectivity index (χ0) is 84.6. The quantitative estimate of drug-likeness (QED) is 0.0333. The van der Waals surface area contributed by atoms with Crippen LogP contribution in [0.2, 0.25) is 0 Å². The lowest BCUT2D eigenvalue weighted by atomic mass is 10.1. The largest absolute Gasteiger partial charge is 0.394 e. The second kappa shape index (κ2) is 36.2. The van der Waals surface area contributed by atoms with E-state index in [1.54, 1.807) is 19.2 Å². The van der Waals surface area contributed by atoms with Gasteiger partial charge in [-0.05, 0) is 115 Å². The standard InChI is InChI=1S/C21H22FN3O4.3C20H17F2N3O4/c1-24-18-6-7-25(10-14(27)11-26)21(29)20(18)17(9-19(24)28)23-16-5-4-13(8-15(16)22)12-2-3-12;3*1-3-11-4-5-14(13(21)8-11)23-18-16-15(24(2)20(29)17(18)22)6-7-25(19(16)28)9-12(27)10-26/h4-9,12,14,23,26-27H,2-3,10-11H2,1H3;3*1,4-8,12,23,26-27H,9-10H2,2H3/t;2*12-;/m.10./s1. The minimum absolute atomic E-state index is 0.0992. The number of halogens is 7. The highest BCUT2D eigenvalue weighted by atomic mass is 19.2. The van der Waals surface area contributed by atoms with E-state index >= 15 is 0 Å². The van der Waals surface area contributed by atoms with Crippen LogP contribution in [-0.4, -0.2) is 128 Å². The summed E-state index contributed by atoms with van der Waals surface area (Å²) in [6, 6.07) is 23.2. The van der Waals surface area contributed by atoms with Gasteiger partial charge in [0.1, 0.15) is 23.3 Å². The molecule has 12 aromatic rings. The highest BCUT2D eigenvalue weighted by molar-refractivity contribution is 5.96. The number of nitrogens with zero attached hydrogens (tertiary/aromatic N) is 8. The highest BCUT2D eigenvalue weighted by Crippen LogP contribution is 2.41. The van der Waals surface area contributed by atoms with Crippen molar-refractivity contribution in [3.05, 3.63) is 274 Å². The second-order valence-corrected chi connectivity index (χ2v) is 26.6. The third-order valence-electron chi connectivity index (χ3n) is 18.7. The van der Waals surface area contributed by atoms with E-state index in [4.69, 9.17) is 39.7 Å². The number of terminal acetylenes is 3. The number of anilines is 8. The van der Waals surface area contributed by atoms with Crippen LogP contribution in [0.3, 0.4) is 0 Å². The van der Waals surface area contributed by atoms with E-state index in [1.165, 1.54) is 122 Å². The molecule has 0 bridgehead atoms. The summed E-state index contributed by atoms with van der Waals surface area (Å²) in [7, 11) is 5.44. The molecule has 1 fully saturated rings. The van der Waals surface area contributed by atoms with Gasteiger partial charge in [0.25, 0.3) is 44.5 Å². The van der Waals surface area contributed by atoms with Gasteiger partial charge in [0.05, 0.1) is 166 Å². The predicted octanol–water partition coefficient (Wildman–Crippen LogP) is 4.98. The summed E-state index contributed by atoms with van der Waals surface area (Å²) in [5.74, 6) is 0.584. The molecule has 8 heterocycles. The molecule has 116 heavy (non-hydrogen) atoms. The Labute approximate surface area is 650 Å². The Balaban J connectivity index is 0.000000163. The third-order valence-corrected chi connectivity index (χ3v) is 18.7. The second-order valence-electron chi connectivity index (χ2n) is 26.6. The number of benzene rings is 4. The maximum absolute atomic E-state index is 14.8. The number of aryl methyl sites for hydroxylation is 4. The Hall–Kier alpha value is -13.4. The van der Waals surface area contributed by atoms with Crippen molar-refractivity contribution < 1.29 is 71.6 Å². The van der Waals surface area contributed by atoms with E-state index in [-0.39, 0.29) is 115 Å². The molecule has 2 unspecified atom stereocenters. The summed E-state index contributed by atoms with van der Waals surface area (Å²) >= 11 is 0. The van der Waals surface area contributed by atoms with Crippen molar-refractivity contribution in [1.29, 1.82) is 0 Å². The molecular weight excluding hydrogens is 1530 g/mol. The lowest BCUT2D eigenvalue weighted by Crippen LogP contribution is -2.31. The van der Waals surface area contributed by atoms with Crippen LogP contribution in [0.5, 0.6) is 0 Å². The summed E-state index contributed by atoms with van der Waals surface area (Å²) in [6.07, 6.45) is 18.4. The minimum Gasteiger partial charge on any atom is -0.394 e. The summed E-state index contributed by atoms with van der Waals surface area (Å²) in [6.45, 7) is -3.07. The monoisotopic (exact) mass is 1600 g/mol. The van der Waals surface area contributed by atoms with Gasteiger partial charge < -0.3 is 98.7 Å². The normalized spacial score (nSPS) is 12.7. The van der Waals surface area contributed by atoms with Crippen LogP contribution >= 0.6 is 0 Å². The van der Waals surface area contributed by atoms with E-state index in [1.807, 2.05) is 6.07 Å². The average Bonchev–Trinajstić information content (AvgIpc) is 0.908. The van der Waals surface area contributed by atoms with E-state index in [2.05, 4.69) is 39.0 Å². The Bertz CT molecular complexity index is 6060. The highest BCUT2D eigenvalue weighted by Gasteiger charge is 2.28. The molecule has 0 saturated heterocycles. The fourth-order valence-corrected chi connectivity index (χ4v) is 12.3. The molecule has 8 aromatic heterocycles. The van der Waals surface area contributed by atoms with Gasteiger partial charge in [0.2, 0.25) is 17.5 Å². The van der Waals surface area contributed by atoms with Gasteiger partial charge in [-0.15, -0.1) is 19.3 Å². The maximum atomic E-state index is 14.8. The molecule has 1 aliphatic rings. The molecule has 35 heteroatoms. The molecule has 0 amide bonds. The van der Waals surface area contributed by atoms with E-state index in [0.29, 0.717) is 11.4 Å². The first-order chi connectivity index (χ1) is 55.2. The van der Waals surface area contributed by atoms with Crippen molar-refractivity contribution in [3.8, 4) is 37.0 Å². The zero-order valence-electron chi connectivity index (χ0n) is 61.9. The number of rotatable bonds is 21. The SMILES string of the molecule is C#Cc1ccc(Nc2c(F)c(=O)n(C)c3ccn(CC(O)CO)c(=O)c23)c(F)c1.C#Cc1ccc(Nc2c(F)c(=O)n(C)c3ccn(C[C@@H](O)CO)c(=O)c23)c(F)c1.C#Cc1ccc(Nc2c(F)c(=O)n(C)c3ccn(C[C@H](O)CO)c(=O)c23)c(F)c1.Cn1c(=O)cc(Nc2ccc(C3CC3)cc2F)c2c(=O)n(CC(O)CO)ccc21. The number of hydrogen-bond acceptors (Lipinski definition) is 20. The fourth-order valence-electron chi connectivity index (χ4n) is 12.3. The van der Waals surface area contributed by atoms with E-state index in [9.17, 15) is 89.5 Å². The first-order valence-electron chi connectivity index (χ1n) is 35.0. The lowest BCUT2D eigenvalue weighted by Gasteiger charge is -2.16. The molecule has 12 N–H and O–H groups in total. The first-order valence-corrected chi connectivity index (χ1v) is 35.0. The number of aromatic nitrogens is 8. The Kier molecular flexibility index (Phi) is 26.5. The molecule has 0 aliphatic heterocycles. The number of fused-ring (bicyclic) bond motifs is 4. The minimum atomic E-state index is -1.27. The van der Waals surface area contributed by atoms with Crippen molar-refractivity contribution in [3.63, 3.8) is 0 Å². The number of aliphatic hydroxyl groups excluding tert-OH is 8. The molecule has 4 atom stereocenters. The smallest absolute Gasteiger partial charge is 0.289 e. The van der Waals surface area contributed by atoms with E-state index < -0.39 is 148 Å². The van der Waals surface area contributed by atoms with Crippen molar-refractivity contribution in [2.75, 3.05) is 47.7 Å². The van der Waals surface area contributed by atoms with Gasteiger partial charge in [0.15, 0.2) is 0 Å². The molecule has 0 radical (unpaired) electrons. The van der Waals surface area contributed by atoms with Crippen molar-refractivity contribution in [2.45, 2.75) is 69.4 Å². The van der Waals surface area contributed by atoms with Gasteiger partial charge in [-0.3, -0.25) is 38.4 Å². The molecule has 1 aliphatic carbocycles. The number of aliphatic hydroxyl groups is 8. The topological polar surface area (TPSA) is 386 Å². The zero-order valence-corrected chi connectivity index (χ0v) is 61.9. The third kappa shape index (κ3) is 18.0. The molecular formula is C81H73F7N12O16. The van der Waals surface area contributed by atoms with Crippen molar-refractivity contribution in [1.82, 2.24) is 36.5 Å². The first kappa shape index (κ1) is 85.0. The van der Waals surface area contributed by atoms with Crippen LogP contribution in [-0.2, 0) is 54.4 Å². The van der Waals surface area contributed by atoms with Gasteiger partial charge in [0, 0.05) is 75.7 Å². The Morgan fingerprint density at radius 3 is 0.914 bits per heavy atom.